The zero-order valence-electron chi connectivity index (χ0n) is 9.91. The maximum absolute atomic E-state index is 11.7. The third kappa shape index (κ3) is 4.72. The standard InChI is InChI=1S/C11H22N2O2S/c1-16-7-3-2-6-13-11(14)10-5-4-9(8-12)15-10/h9-10H,2-8,12H2,1H3,(H,13,14). The monoisotopic (exact) mass is 246 g/mol. The van der Waals surface area contributed by atoms with Gasteiger partial charge < -0.3 is 15.8 Å². The number of hydrogen-bond donors (Lipinski definition) is 2. The molecule has 0 aromatic carbocycles. The van der Waals surface area contributed by atoms with Gasteiger partial charge in [-0.3, -0.25) is 4.79 Å². The molecule has 1 aliphatic heterocycles. The van der Waals surface area contributed by atoms with Gasteiger partial charge in [-0.05, 0) is 37.7 Å². The van der Waals surface area contributed by atoms with E-state index < -0.39 is 0 Å². The Balaban J connectivity index is 2.06. The fourth-order valence-electron chi connectivity index (χ4n) is 1.77. The van der Waals surface area contributed by atoms with Crippen molar-refractivity contribution >= 4 is 17.7 Å². The predicted molar refractivity (Wildman–Crippen MR) is 67.6 cm³/mol. The molecule has 0 aromatic heterocycles. The lowest BCUT2D eigenvalue weighted by Gasteiger charge is -2.12. The van der Waals surface area contributed by atoms with Crippen LogP contribution < -0.4 is 11.1 Å². The van der Waals surface area contributed by atoms with Crippen molar-refractivity contribution in [1.82, 2.24) is 5.32 Å². The summed E-state index contributed by atoms with van der Waals surface area (Å²) in [5.74, 6) is 1.19. The third-order valence-electron chi connectivity index (χ3n) is 2.74. The summed E-state index contributed by atoms with van der Waals surface area (Å²) in [7, 11) is 0. The van der Waals surface area contributed by atoms with E-state index in [1.54, 1.807) is 0 Å². The van der Waals surface area contributed by atoms with E-state index in [9.17, 15) is 4.79 Å². The number of unbranched alkanes of at least 4 members (excludes halogenated alkanes) is 1. The molecular formula is C11H22N2O2S. The number of nitrogens with one attached hydrogen (secondary N) is 1. The topological polar surface area (TPSA) is 64.4 Å². The largest absolute Gasteiger partial charge is 0.364 e. The first-order chi connectivity index (χ1) is 7.77. The normalized spacial score (nSPS) is 24.6. The summed E-state index contributed by atoms with van der Waals surface area (Å²) >= 11 is 1.84. The van der Waals surface area contributed by atoms with Crippen LogP contribution in [0.3, 0.4) is 0 Å². The van der Waals surface area contributed by atoms with Crippen molar-refractivity contribution in [2.45, 2.75) is 37.9 Å². The summed E-state index contributed by atoms with van der Waals surface area (Å²) in [6, 6.07) is 0. The van der Waals surface area contributed by atoms with Crippen LogP contribution in [-0.4, -0.2) is 43.2 Å². The highest BCUT2D eigenvalue weighted by molar-refractivity contribution is 7.98. The van der Waals surface area contributed by atoms with Crippen LogP contribution in [0.4, 0.5) is 0 Å². The Morgan fingerprint density at radius 1 is 1.50 bits per heavy atom. The zero-order valence-corrected chi connectivity index (χ0v) is 10.7. The van der Waals surface area contributed by atoms with Crippen molar-refractivity contribution in [2.75, 3.05) is 25.1 Å². The van der Waals surface area contributed by atoms with Crippen LogP contribution in [0.15, 0.2) is 0 Å². The minimum Gasteiger partial charge on any atom is -0.364 e. The van der Waals surface area contributed by atoms with Gasteiger partial charge in [0.15, 0.2) is 0 Å². The molecule has 0 aromatic rings. The number of hydrogen-bond acceptors (Lipinski definition) is 4. The molecular weight excluding hydrogens is 224 g/mol. The minimum atomic E-state index is -0.269. The molecule has 0 spiro atoms. The Morgan fingerprint density at radius 2 is 2.31 bits per heavy atom. The SMILES string of the molecule is CSCCCCNC(=O)C1CCC(CN)O1. The molecule has 16 heavy (non-hydrogen) atoms. The van der Waals surface area contributed by atoms with Crippen molar-refractivity contribution in [3.05, 3.63) is 0 Å². The van der Waals surface area contributed by atoms with E-state index in [-0.39, 0.29) is 18.1 Å². The van der Waals surface area contributed by atoms with E-state index in [0.717, 1.165) is 38.0 Å². The molecule has 2 unspecified atom stereocenters. The second-order valence-electron chi connectivity index (χ2n) is 4.05. The molecule has 0 saturated carbocycles. The predicted octanol–water partition coefficient (Wildman–Crippen LogP) is 0.752. The molecule has 94 valence electrons. The van der Waals surface area contributed by atoms with Gasteiger partial charge in [0.25, 0.3) is 0 Å². The van der Waals surface area contributed by atoms with E-state index in [2.05, 4.69) is 11.6 Å². The minimum absolute atomic E-state index is 0.0279. The molecule has 4 nitrogen and oxygen atoms in total. The van der Waals surface area contributed by atoms with Crippen molar-refractivity contribution in [2.24, 2.45) is 5.73 Å². The maximum atomic E-state index is 11.7. The summed E-state index contributed by atoms with van der Waals surface area (Å²) < 4.78 is 5.51. The Labute approximate surface area is 102 Å². The first-order valence-corrected chi connectivity index (χ1v) is 7.29. The molecule has 5 heteroatoms. The van der Waals surface area contributed by atoms with Crippen molar-refractivity contribution < 1.29 is 9.53 Å². The average Bonchev–Trinajstić information content (AvgIpc) is 2.77. The van der Waals surface area contributed by atoms with E-state index in [1.165, 1.54) is 0 Å². The van der Waals surface area contributed by atoms with E-state index in [1.807, 2.05) is 11.8 Å². The van der Waals surface area contributed by atoms with Gasteiger partial charge >= 0.3 is 0 Å². The van der Waals surface area contributed by atoms with Crippen LogP contribution in [0.2, 0.25) is 0 Å². The van der Waals surface area contributed by atoms with Crippen LogP contribution in [0.5, 0.6) is 0 Å². The molecule has 2 atom stereocenters. The lowest BCUT2D eigenvalue weighted by atomic mass is 10.2. The quantitative estimate of drug-likeness (QED) is 0.651. The first kappa shape index (κ1) is 13.8. The summed E-state index contributed by atoms with van der Waals surface area (Å²) in [5, 5.41) is 2.91. The molecule has 1 rings (SSSR count). The molecule has 0 bridgehead atoms. The Morgan fingerprint density at radius 3 is 2.94 bits per heavy atom. The van der Waals surface area contributed by atoms with Gasteiger partial charge in [0, 0.05) is 13.1 Å². The lowest BCUT2D eigenvalue weighted by Crippen LogP contribution is -2.36. The smallest absolute Gasteiger partial charge is 0.249 e. The molecule has 0 radical (unpaired) electrons. The highest BCUT2D eigenvalue weighted by Crippen LogP contribution is 2.18. The van der Waals surface area contributed by atoms with Crippen LogP contribution in [0.1, 0.15) is 25.7 Å². The van der Waals surface area contributed by atoms with Gasteiger partial charge in [-0.2, -0.15) is 11.8 Å². The Bertz CT molecular complexity index is 214. The number of rotatable bonds is 7. The van der Waals surface area contributed by atoms with E-state index in [4.69, 9.17) is 10.5 Å². The van der Waals surface area contributed by atoms with Gasteiger partial charge in [0.2, 0.25) is 5.91 Å². The van der Waals surface area contributed by atoms with Crippen molar-refractivity contribution in [1.29, 1.82) is 0 Å². The van der Waals surface area contributed by atoms with Crippen LogP contribution in [0.25, 0.3) is 0 Å². The fraction of sp³-hybridized carbons (Fsp3) is 0.909. The maximum Gasteiger partial charge on any atom is 0.249 e. The second-order valence-corrected chi connectivity index (χ2v) is 5.04. The summed E-state index contributed by atoms with van der Waals surface area (Å²) in [5.41, 5.74) is 5.49. The fourth-order valence-corrected chi connectivity index (χ4v) is 2.26. The van der Waals surface area contributed by atoms with Gasteiger partial charge in [0.1, 0.15) is 6.10 Å². The number of carbonyl (C=O) groups excluding carboxylic acids is 1. The molecule has 1 heterocycles. The van der Waals surface area contributed by atoms with Gasteiger partial charge in [-0.15, -0.1) is 0 Å². The molecule has 1 aliphatic rings. The number of carbonyl (C=O) groups is 1. The Hall–Kier alpha value is -0.260. The van der Waals surface area contributed by atoms with Gasteiger partial charge in [-0.25, -0.2) is 0 Å². The number of nitrogens with two attached hydrogens (primary N) is 1. The number of ether oxygens (including phenoxy) is 1. The van der Waals surface area contributed by atoms with Crippen LogP contribution in [0, 0.1) is 0 Å². The number of amides is 1. The van der Waals surface area contributed by atoms with E-state index in [0.29, 0.717) is 6.54 Å². The van der Waals surface area contributed by atoms with Gasteiger partial charge in [-0.1, -0.05) is 0 Å². The zero-order chi connectivity index (χ0) is 11.8. The molecule has 1 saturated heterocycles. The summed E-state index contributed by atoms with van der Waals surface area (Å²) in [6.07, 6.45) is 5.80. The lowest BCUT2D eigenvalue weighted by molar-refractivity contribution is -0.131. The number of thioether (sulfide) groups is 1. The molecule has 0 aliphatic carbocycles. The van der Waals surface area contributed by atoms with Crippen LogP contribution >= 0.6 is 11.8 Å². The average molecular weight is 246 g/mol. The highest BCUT2D eigenvalue weighted by atomic mass is 32.2. The van der Waals surface area contributed by atoms with Crippen LogP contribution in [-0.2, 0) is 9.53 Å². The first-order valence-electron chi connectivity index (χ1n) is 5.90. The van der Waals surface area contributed by atoms with Crippen molar-refractivity contribution in [3.63, 3.8) is 0 Å². The van der Waals surface area contributed by atoms with Gasteiger partial charge in [0.05, 0.1) is 6.10 Å². The molecule has 1 fully saturated rings. The summed E-state index contributed by atoms with van der Waals surface area (Å²) in [6.45, 7) is 1.27. The Kier molecular flexibility index (Phi) is 6.84. The van der Waals surface area contributed by atoms with Crippen molar-refractivity contribution in [3.8, 4) is 0 Å². The second kappa shape index (κ2) is 7.92. The molecule has 1 amide bonds. The third-order valence-corrected chi connectivity index (χ3v) is 3.43. The highest BCUT2D eigenvalue weighted by Gasteiger charge is 2.29. The molecule has 3 N–H and O–H groups in total. The summed E-state index contributed by atoms with van der Waals surface area (Å²) in [4.78, 5) is 11.7. The van der Waals surface area contributed by atoms with E-state index >= 15 is 0 Å².